The predicted octanol–water partition coefficient (Wildman–Crippen LogP) is 0.756. The first-order valence-electron chi connectivity index (χ1n) is 9.02. The first kappa shape index (κ1) is 24.9. The highest BCUT2D eigenvalue weighted by molar-refractivity contribution is 5.94. The van der Waals surface area contributed by atoms with Gasteiger partial charge in [0.1, 0.15) is 13.4 Å². The molecule has 0 saturated carbocycles. The minimum atomic E-state index is -0.874. The Hall–Kier alpha value is -3.11. The van der Waals surface area contributed by atoms with Gasteiger partial charge in [0.25, 0.3) is 11.6 Å². The quantitative estimate of drug-likeness (QED) is 0.128. The molecule has 0 aliphatic carbocycles. The number of amides is 2. The zero-order valence-corrected chi connectivity index (χ0v) is 16.4. The Balaban J connectivity index is 2.85. The number of nitrogens with one attached hydrogen (secondary N) is 2. The van der Waals surface area contributed by atoms with Crippen LogP contribution in [0.3, 0.4) is 0 Å². The fourth-order valence-electron chi connectivity index (χ4n) is 2.44. The van der Waals surface area contributed by atoms with Gasteiger partial charge in [-0.2, -0.15) is 5.26 Å². The lowest BCUT2D eigenvalue weighted by atomic mass is 9.99. The molecule has 12 nitrogen and oxygen atoms in total. The van der Waals surface area contributed by atoms with E-state index in [4.69, 9.17) is 24.7 Å². The molecule has 0 aliphatic rings. The molecule has 0 aromatic heterocycles. The van der Waals surface area contributed by atoms with E-state index in [0.717, 1.165) is 0 Å². The van der Waals surface area contributed by atoms with Gasteiger partial charge in [0.05, 0.1) is 36.2 Å². The molecule has 0 saturated heterocycles. The van der Waals surface area contributed by atoms with Crippen LogP contribution in [0.15, 0.2) is 24.3 Å². The fraction of sp³-hybridized carbons (Fsp3) is 0.500. The average Bonchev–Trinajstić information content (AvgIpc) is 2.75. The summed E-state index contributed by atoms with van der Waals surface area (Å²) in [6.45, 7) is 1.78. The molecule has 30 heavy (non-hydrogen) atoms. The third-order valence-electron chi connectivity index (χ3n) is 3.90. The van der Waals surface area contributed by atoms with Crippen LogP contribution in [0.4, 0.5) is 5.69 Å². The molecule has 0 bridgehead atoms. The molecule has 1 rings (SSSR count). The maximum Gasteiger partial charge on any atom is 0.269 e. The molecule has 0 spiro atoms. The van der Waals surface area contributed by atoms with E-state index < -0.39 is 28.7 Å². The van der Waals surface area contributed by atoms with Crippen LogP contribution < -0.4 is 10.8 Å². The molecule has 0 fully saturated rings. The molecule has 164 valence electrons. The van der Waals surface area contributed by atoms with E-state index in [9.17, 15) is 19.7 Å². The van der Waals surface area contributed by atoms with Crippen LogP contribution in [0.2, 0.25) is 0 Å². The Morgan fingerprint density at radius 3 is 2.50 bits per heavy atom. The molecule has 0 heterocycles. The van der Waals surface area contributed by atoms with Gasteiger partial charge in [-0.05, 0) is 25.5 Å². The zero-order chi connectivity index (χ0) is 22.4. The van der Waals surface area contributed by atoms with Crippen molar-refractivity contribution in [1.29, 1.82) is 5.26 Å². The average molecular weight is 424 g/mol. The number of carbonyl (C=O) groups excluding carboxylic acids is 2. The van der Waals surface area contributed by atoms with Crippen molar-refractivity contribution >= 4 is 17.5 Å². The lowest BCUT2D eigenvalue weighted by Gasteiger charge is -2.23. The number of nitriles is 1. The van der Waals surface area contributed by atoms with Crippen LogP contribution in [0.25, 0.3) is 0 Å². The van der Waals surface area contributed by atoms with Crippen molar-refractivity contribution in [3.8, 4) is 6.07 Å². The number of hydroxylamine groups is 1. The zero-order valence-electron chi connectivity index (χ0n) is 16.4. The van der Waals surface area contributed by atoms with Crippen molar-refractivity contribution in [3.05, 3.63) is 39.9 Å². The number of rotatable bonds is 14. The highest BCUT2D eigenvalue weighted by Gasteiger charge is 2.25. The summed E-state index contributed by atoms with van der Waals surface area (Å²) in [5, 5.41) is 30.9. The Labute approximate surface area is 172 Å². The third kappa shape index (κ3) is 8.93. The molecule has 1 aromatic carbocycles. The fourth-order valence-corrected chi connectivity index (χ4v) is 2.44. The number of ether oxygens (including phenoxy) is 3. The van der Waals surface area contributed by atoms with Gasteiger partial charge in [0.2, 0.25) is 5.91 Å². The van der Waals surface area contributed by atoms with Gasteiger partial charge in [-0.25, -0.2) is 5.48 Å². The van der Waals surface area contributed by atoms with E-state index in [-0.39, 0.29) is 44.3 Å². The number of nitro groups is 1. The largest absolute Gasteiger partial charge is 0.366 e. The summed E-state index contributed by atoms with van der Waals surface area (Å²) in [6.07, 6.45) is 0.0304. The van der Waals surface area contributed by atoms with E-state index in [0.29, 0.717) is 6.61 Å². The normalized spacial score (nSPS) is 12.4. The van der Waals surface area contributed by atoms with E-state index in [1.807, 2.05) is 0 Å². The summed E-state index contributed by atoms with van der Waals surface area (Å²) >= 11 is 0. The molecule has 1 aromatic rings. The molecule has 0 radical (unpaired) electrons. The van der Waals surface area contributed by atoms with Gasteiger partial charge < -0.3 is 19.5 Å². The second-order valence-electron chi connectivity index (χ2n) is 6.04. The lowest BCUT2D eigenvalue weighted by molar-refractivity contribution is -0.384. The predicted molar refractivity (Wildman–Crippen MR) is 101 cm³/mol. The van der Waals surface area contributed by atoms with Crippen LogP contribution in [0.1, 0.15) is 23.7 Å². The first-order chi connectivity index (χ1) is 14.4. The second-order valence-corrected chi connectivity index (χ2v) is 6.04. The number of benzene rings is 1. The molecule has 3 N–H and O–H groups in total. The van der Waals surface area contributed by atoms with Crippen LogP contribution in [0, 0.1) is 27.4 Å². The Morgan fingerprint density at radius 1 is 1.23 bits per heavy atom. The van der Waals surface area contributed by atoms with Crippen LogP contribution >= 0.6 is 0 Å². The summed E-state index contributed by atoms with van der Waals surface area (Å²) in [5.41, 5.74) is 1.56. The van der Waals surface area contributed by atoms with E-state index in [1.165, 1.54) is 29.7 Å². The number of non-ortho nitro benzene ring substituents is 1. The second kappa shape index (κ2) is 14.0. The molecule has 2 amide bonds. The van der Waals surface area contributed by atoms with E-state index in [1.54, 1.807) is 13.0 Å². The molecule has 0 aliphatic heterocycles. The summed E-state index contributed by atoms with van der Waals surface area (Å²) in [5.74, 6) is -2.15. The highest BCUT2D eigenvalue weighted by atomic mass is 16.7. The Kier molecular flexibility index (Phi) is 11.6. The topological polar surface area (TPSA) is 173 Å². The summed E-state index contributed by atoms with van der Waals surface area (Å²) in [7, 11) is 0. The lowest BCUT2D eigenvalue weighted by Crippen LogP contribution is -2.43. The molecular formula is C18H24N4O8. The van der Waals surface area contributed by atoms with Crippen LogP contribution in [0.5, 0.6) is 0 Å². The van der Waals surface area contributed by atoms with Gasteiger partial charge in [0.15, 0.2) is 0 Å². The molecule has 2 atom stereocenters. The first-order valence-corrected chi connectivity index (χ1v) is 9.02. The number of nitrogens with zero attached hydrogens (tertiary/aromatic N) is 2. The van der Waals surface area contributed by atoms with Crippen molar-refractivity contribution in [2.45, 2.75) is 19.4 Å². The Bertz CT molecular complexity index is 735. The molecule has 12 heteroatoms. The SMILES string of the molecule is CCOCOCC(CC(COCC#N)C(=O)NO)NC(=O)c1ccc([N+](=O)[O-])cc1. The van der Waals surface area contributed by atoms with Gasteiger partial charge in [-0.3, -0.25) is 24.9 Å². The number of hydrogen-bond acceptors (Lipinski definition) is 9. The van der Waals surface area contributed by atoms with E-state index in [2.05, 4.69) is 5.32 Å². The van der Waals surface area contributed by atoms with Crippen molar-refractivity contribution in [2.75, 3.05) is 33.2 Å². The smallest absolute Gasteiger partial charge is 0.269 e. The summed E-state index contributed by atoms with van der Waals surface area (Å²) in [4.78, 5) is 34.6. The Morgan fingerprint density at radius 2 is 1.93 bits per heavy atom. The van der Waals surface area contributed by atoms with Crippen molar-refractivity contribution in [1.82, 2.24) is 10.8 Å². The maximum absolute atomic E-state index is 12.5. The third-order valence-corrected chi connectivity index (χ3v) is 3.90. The molecular weight excluding hydrogens is 400 g/mol. The minimum Gasteiger partial charge on any atom is -0.366 e. The highest BCUT2D eigenvalue weighted by Crippen LogP contribution is 2.14. The van der Waals surface area contributed by atoms with Gasteiger partial charge >= 0.3 is 0 Å². The standard InChI is InChI=1S/C18H24N4O8/c1-2-28-12-30-11-15(9-14(18(24)21-25)10-29-8-7-19)20-17(23)13-3-5-16(6-4-13)22(26)27/h3-6,14-15,25H,2,8-12H2,1H3,(H,20,23)(H,21,24). The monoisotopic (exact) mass is 424 g/mol. The summed E-state index contributed by atoms with van der Waals surface area (Å²) in [6, 6.07) is 6.11. The maximum atomic E-state index is 12.5. The minimum absolute atomic E-state index is 0.00776. The number of nitro benzene ring substituents is 1. The van der Waals surface area contributed by atoms with Crippen LogP contribution in [-0.2, 0) is 19.0 Å². The van der Waals surface area contributed by atoms with Crippen LogP contribution in [-0.4, -0.2) is 61.2 Å². The number of hydrogen-bond donors (Lipinski definition) is 3. The van der Waals surface area contributed by atoms with E-state index >= 15 is 0 Å². The van der Waals surface area contributed by atoms with Gasteiger partial charge in [-0.1, -0.05) is 0 Å². The summed E-state index contributed by atoms with van der Waals surface area (Å²) < 4.78 is 15.5. The van der Waals surface area contributed by atoms with Crippen molar-refractivity contribution < 1.29 is 33.9 Å². The van der Waals surface area contributed by atoms with Crippen molar-refractivity contribution in [3.63, 3.8) is 0 Å². The van der Waals surface area contributed by atoms with Crippen molar-refractivity contribution in [2.24, 2.45) is 5.92 Å². The number of carbonyl (C=O) groups is 2. The van der Waals surface area contributed by atoms with Gasteiger partial charge in [0, 0.05) is 24.3 Å². The molecule has 2 unspecified atom stereocenters. The van der Waals surface area contributed by atoms with Gasteiger partial charge in [-0.15, -0.1) is 0 Å².